The summed E-state index contributed by atoms with van der Waals surface area (Å²) in [5.74, 6) is 0.612. The van der Waals surface area contributed by atoms with E-state index in [-0.39, 0.29) is 0 Å². The number of aromatic nitrogens is 1. The molecule has 4 N–H and O–H groups in total. The molecule has 1 aromatic rings. The Bertz CT molecular complexity index is 426. The van der Waals surface area contributed by atoms with E-state index in [9.17, 15) is 4.79 Å². The first-order valence-corrected chi connectivity index (χ1v) is 6.23. The van der Waals surface area contributed by atoms with Crippen molar-refractivity contribution in [2.24, 2.45) is 0 Å². The number of nitrogens with two attached hydrogens (primary N) is 2. The number of piperidine rings is 1. The normalized spacial score (nSPS) is 17.6. The highest BCUT2D eigenvalue weighted by Gasteiger charge is 2.22. The Balaban J connectivity index is 2.08. The molecule has 1 aromatic heterocycles. The fraction of sp³-hybridized carbons (Fsp3) is 0.455. The smallest absolute Gasteiger partial charge is 0.293 e. The van der Waals surface area contributed by atoms with Crippen LogP contribution >= 0.6 is 11.6 Å². The third-order valence-corrected chi connectivity index (χ3v) is 3.59. The number of nitrogens with zero attached hydrogens (tertiary/aromatic N) is 2. The number of carbonyl (C=O) groups excluding carboxylic acids is 1. The van der Waals surface area contributed by atoms with Gasteiger partial charge in [0.05, 0.1) is 16.9 Å². The van der Waals surface area contributed by atoms with E-state index in [2.05, 4.69) is 4.98 Å². The number of rotatable bonds is 3. The molecule has 1 radical (unpaired) electrons. The van der Waals surface area contributed by atoms with Crippen molar-refractivity contribution >= 4 is 36.7 Å². The average Bonchev–Trinajstić information content (AvgIpc) is 2.37. The topological polar surface area (TPSA) is 85.2 Å². The minimum absolute atomic E-state index is 0.291. The number of hydrogen-bond acceptors (Lipinski definition) is 5. The fourth-order valence-electron chi connectivity index (χ4n) is 2.20. The largest absolute Gasteiger partial charge is 0.395 e. The van der Waals surface area contributed by atoms with Crippen molar-refractivity contribution in [3.05, 3.63) is 16.8 Å². The van der Waals surface area contributed by atoms with Crippen LogP contribution in [0.3, 0.4) is 0 Å². The average molecular weight is 266 g/mol. The van der Waals surface area contributed by atoms with E-state index in [4.69, 9.17) is 23.1 Å². The predicted octanol–water partition coefficient (Wildman–Crippen LogP) is 0.888. The second kappa shape index (κ2) is 5.58. The highest BCUT2D eigenvalue weighted by atomic mass is 35.5. The van der Waals surface area contributed by atoms with Gasteiger partial charge in [0.1, 0.15) is 5.82 Å². The molecule has 2 heterocycles. The van der Waals surface area contributed by atoms with Crippen LogP contribution in [0.25, 0.3) is 0 Å². The number of hydrogen-bond donors (Lipinski definition) is 2. The van der Waals surface area contributed by atoms with Crippen molar-refractivity contribution < 1.29 is 4.79 Å². The molecule has 1 saturated heterocycles. The van der Waals surface area contributed by atoms with Crippen molar-refractivity contribution in [1.82, 2.24) is 9.79 Å². The first kappa shape index (κ1) is 13.2. The Morgan fingerprint density at radius 2 is 2.11 bits per heavy atom. The minimum atomic E-state index is 0.291. The van der Waals surface area contributed by atoms with Gasteiger partial charge in [-0.05, 0) is 32.0 Å². The van der Waals surface area contributed by atoms with Crippen LogP contribution < -0.4 is 11.5 Å². The molecular formula is C11H15BClN4O. The number of anilines is 2. The molecule has 0 saturated carbocycles. The minimum Gasteiger partial charge on any atom is -0.395 e. The molecular weight excluding hydrogens is 250 g/mol. The van der Waals surface area contributed by atoms with Crippen LogP contribution in [0.2, 0.25) is 5.02 Å². The Morgan fingerprint density at radius 3 is 2.67 bits per heavy atom. The lowest BCUT2D eigenvalue weighted by Gasteiger charge is -2.30. The summed E-state index contributed by atoms with van der Waals surface area (Å²) < 4.78 is 0. The summed E-state index contributed by atoms with van der Waals surface area (Å²) in [5, 5.41) is 0.458. The van der Waals surface area contributed by atoms with Crippen LogP contribution in [0.15, 0.2) is 6.07 Å². The lowest BCUT2D eigenvalue weighted by molar-refractivity contribution is 0.328. The van der Waals surface area contributed by atoms with Gasteiger partial charge in [0.15, 0.2) is 0 Å². The first-order chi connectivity index (χ1) is 8.61. The first-order valence-electron chi connectivity index (χ1n) is 5.86. The zero-order valence-electron chi connectivity index (χ0n) is 9.97. The van der Waals surface area contributed by atoms with Crippen molar-refractivity contribution in [3.63, 3.8) is 0 Å². The van der Waals surface area contributed by atoms with Gasteiger partial charge >= 0.3 is 0 Å². The molecule has 18 heavy (non-hydrogen) atoms. The predicted molar refractivity (Wildman–Crippen MR) is 74.1 cm³/mol. The maximum absolute atomic E-state index is 10.4. The summed E-state index contributed by atoms with van der Waals surface area (Å²) in [4.78, 5) is 16.7. The summed E-state index contributed by atoms with van der Waals surface area (Å²) in [6.45, 7) is 1.68. The fourth-order valence-corrected chi connectivity index (χ4v) is 2.41. The maximum Gasteiger partial charge on any atom is 0.293 e. The summed E-state index contributed by atoms with van der Waals surface area (Å²) in [6.07, 6.45) is 2.67. The van der Waals surface area contributed by atoms with Crippen molar-refractivity contribution in [2.75, 3.05) is 24.6 Å². The quantitative estimate of drug-likeness (QED) is 0.626. The zero-order chi connectivity index (χ0) is 13.1. The molecule has 0 bridgehead atoms. The summed E-state index contributed by atoms with van der Waals surface area (Å²) in [7, 11) is 1.58. The summed E-state index contributed by atoms with van der Waals surface area (Å²) in [6, 6.07) is 1.79. The standard InChI is InChI=1S/C11H15BClN4O/c13-8-5-9(16-11(15)10(8)14)7-1-3-17(4-2-7)12-6-18/h5-7H,1-4,14H2,(H2,15,16). The summed E-state index contributed by atoms with van der Waals surface area (Å²) in [5.41, 5.74) is 12.6. The van der Waals surface area contributed by atoms with Gasteiger partial charge in [-0.15, -0.1) is 0 Å². The Kier molecular flexibility index (Phi) is 4.09. The molecule has 0 aromatic carbocycles. The Hall–Kier alpha value is -1.27. The van der Waals surface area contributed by atoms with Gasteiger partial charge < -0.3 is 21.1 Å². The van der Waals surface area contributed by atoms with Gasteiger partial charge in [-0.25, -0.2) is 4.98 Å². The van der Waals surface area contributed by atoms with Crippen molar-refractivity contribution in [3.8, 4) is 0 Å². The molecule has 5 nitrogen and oxygen atoms in total. The third-order valence-electron chi connectivity index (χ3n) is 3.28. The van der Waals surface area contributed by atoms with Crippen LogP contribution in [0.5, 0.6) is 0 Å². The zero-order valence-corrected chi connectivity index (χ0v) is 10.7. The lowest BCUT2D eigenvalue weighted by atomic mass is 9.85. The molecule has 1 fully saturated rings. The second-order valence-electron chi connectivity index (χ2n) is 4.42. The van der Waals surface area contributed by atoms with E-state index in [1.165, 1.54) is 0 Å². The second-order valence-corrected chi connectivity index (χ2v) is 4.83. The number of pyridine rings is 1. The monoisotopic (exact) mass is 265 g/mol. The van der Waals surface area contributed by atoms with Gasteiger partial charge in [0.2, 0.25) is 0 Å². The molecule has 95 valence electrons. The Labute approximate surface area is 112 Å². The van der Waals surface area contributed by atoms with Crippen LogP contribution in [-0.4, -0.2) is 36.5 Å². The number of carbonyl (C=O) groups is 1. The maximum atomic E-state index is 10.4. The molecule has 0 spiro atoms. The van der Waals surface area contributed by atoms with E-state index in [1.807, 2.05) is 4.81 Å². The van der Waals surface area contributed by atoms with Crippen LogP contribution in [-0.2, 0) is 4.79 Å². The molecule has 1 aliphatic heterocycles. The van der Waals surface area contributed by atoms with Gasteiger partial charge in [-0.3, -0.25) is 0 Å². The summed E-state index contributed by atoms with van der Waals surface area (Å²) >= 11 is 6.01. The van der Waals surface area contributed by atoms with Gasteiger partial charge in [-0.1, -0.05) is 11.6 Å². The van der Waals surface area contributed by atoms with Crippen LogP contribution in [0.4, 0.5) is 11.5 Å². The highest BCUT2D eigenvalue weighted by molar-refractivity contribution is 6.64. The van der Waals surface area contributed by atoms with Gasteiger partial charge in [0, 0.05) is 11.6 Å². The van der Waals surface area contributed by atoms with Crippen molar-refractivity contribution in [2.45, 2.75) is 18.8 Å². The van der Waals surface area contributed by atoms with Crippen molar-refractivity contribution in [1.29, 1.82) is 0 Å². The van der Waals surface area contributed by atoms with Crippen LogP contribution in [0.1, 0.15) is 24.5 Å². The molecule has 0 aliphatic carbocycles. The van der Waals surface area contributed by atoms with E-state index in [0.717, 1.165) is 37.8 Å². The molecule has 1 aliphatic rings. The SMILES string of the molecule is Nc1nc(C2CCN([B]C=O)CC2)cc(Cl)c1N. The van der Waals surface area contributed by atoms with Gasteiger partial charge in [0.25, 0.3) is 7.41 Å². The molecule has 7 heteroatoms. The lowest BCUT2D eigenvalue weighted by Crippen LogP contribution is -2.36. The van der Waals surface area contributed by atoms with Crippen LogP contribution in [0, 0.1) is 0 Å². The number of nitrogen functional groups attached to an aromatic ring is 2. The molecule has 0 atom stereocenters. The highest BCUT2D eigenvalue weighted by Crippen LogP contribution is 2.32. The van der Waals surface area contributed by atoms with Gasteiger partial charge in [-0.2, -0.15) is 0 Å². The van der Waals surface area contributed by atoms with E-state index in [0.29, 0.717) is 22.4 Å². The third kappa shape index (κ3) is 2.76. The molecule has 0 amide bonds. The van der Waals surface area contributed by atoms with E-state index < -0.39 is 0 Å². The molecule has 2 rings (SSSR count). The Morgan fingerprint density at radius 1 is 1.44 bits per heavy atom. The number of halogens is 1. The van der Waals surface area contributed by atoms with E-state index >= 15 is 0 Å². The molecule has 0 unspecified atom stereocenters. The van der Waals surface area contributed by atoms with E-state index in [1.54, 1.807) is 13.5 Å².